The third-order valence-corrected chi connectivity index (χ3v) is 3.68. The lowest BCUT2D eigenvalue weighted by atomic mass is 10.1. The van der Waals surface area contributed by atoms with Crippen molar-refractivity contribution in [1.82, 2.24) is 10.2 Å². The number of hydrogen-bond acceptors (Lipinski definition) is 3. The van der Waals surface area contributed by atoms with Crippen molar-refractivity contribution in [1.29, 1.82) is 0 Å². The molecule has 1 heterocycles. The van der Waals surface area contributed by atoms with Crippen LogP contribution in [-0.4, -0.2) is 10.2 Å². The number of alkyl halides is 3. The molecule has 0 bridgehead atoms. The summed E-state index contributed by atoms with van der Waals surface area (Å²) in [6.45, 7) is 3.28. The second kappa shape index (κ2) is 5.53. The molecule has 0 atom stereocenters. The van der Waals surface area contributed by atoms with Crippen molar-refractivity contribution in [2.45, 2.75) is 20.0 Å². The first kappa shape index (κ1) is 15.3. The van der Waals surface area contributed by atoms with Gasteiger partial charge in [-0.3, -0.25) is 0 Å². The zero-order valence-corrected chi connectivity index (χ0v) is 12.6. The molecule has 0 radical (unpaired) electrons. The Balaban J connectivity index is 2.05. The lowest BCUT2D eigenvalue weighted by Gasteiger charge is -2.14. The van der Waals surface area contributed by atoms with Crippen LogP contribution in [0.15, 0.2) is 42.5 Å². The zero-order chi connectivity index (χ0) is 16.6. The maximum atomic E-state index is 13.0. The fraction of sp³-hybridized carbons (Fsp3) is 0.176. The monoisotopic (exact) mass is 317 g/mol. The molecule has 0 fully saturated rings. The lowest BCUT2D eigenvalue weighted by Crippen LogP contribution is -2.08. The lowest BCUT2D eigenvalue weighted by molar-refractivity contribution is -0.138. The van der Waals surface area contributed by atoms with E-state index in [4.69, 9.17) is 0 Å². The summed E-state index contributed by atoms with van der Waals surface area (Å²) in [5.41, 5.74) is 0.618. The quantitative estimate of drug-likeness (QED) is 0.722. The number of nitrogens with one attached hydrogen (secondary N) is 1. The Morgan fingerprint density at radius 2 is 1.61 bits per heavy atom. The highest BCUT2D eigenvalue weighted by molar-refractivity contribution is 5.94. The van der Waals surface area contributed by atoms with Gasteiger partial charge in [-0.2, -0.15) is 18.3 Å². The number of aryl methyl sites for hydroxylation is 2. The van der Waals surface area contributed by atoms with Crippen molar-refractivity contribution in [2.24, 2.45) is 0 Å². The van der Waals surface area contributed by atoms with Crippen LogP contribution in [0.3, 0.4) is 0 Å². The largest absolute Gasteiger partial charge is 0.416 e. The first-order valence-corrected chi connectivity index (χ1v) is 7.03. The van der Waals surface area contributed by atoms with Crippen LogP contribution in [0.25, 0.3) is 10.8 Å². The molecule has 1 aromatic heterocycles. The average Bonchev–Trinajstić information content (AvgIpc) is 2.51. The normalized spacial score (nSPS) is 11.7. The summed E-state index contributed by atoms with van der Waals surface area (Å²) in [6.07, 6.45) is -4.39. The van der Waals surface area contributed by atoms with E-state index in [1.54, 1.807) is 6.07 Å². The van der Waals surface area contributed by atoms with Gasteiger partial charge in [0.05, 0.1) is 11.3 Å². The van der Waals surface area contributed by atoms with Crippen molar-refractivity contribution in [3.8, 4) is 0 Å². The number of halogens is 3. The number of benzene rings is 2. The van der Waals surface area contributed by atoms with Gasteiger partial charge >= 0.3 is 6.18 Å². The molecule has 0 aliphatic carbocycles. The van der Waals surface area contributed by atoms with Crippen molar-refractivity contribution in [2.75, 3.05) is 5.32 Å². The first-order chi connectivity index (χ1) is 10.9. The highest BCUT2D eigenvalue weighted by Crippen LogP contribution is 2.34. The minimum absolute atomic E-state index is 0.183. The van der Waals surface area contributed by atoms with Gasteiger partial charge < -0.3 is 5.32 Å². The maximum absolute atomic E-state index is 13.0. The van der Waals surface area contributed by atoms with Gasteiger partial charge in [-0.1, -0.05) is 30.3 Å². The van der Waals surface area contributed by atoms with E-state index in [2.05, 4.69) is 15.5 Å². The van der Waals surface area contributed by atoms with Crippen molar-refractivity contribution in [3.63, 3.8) is 0 Å². The molecule has 3 nitrogen and oxygen atoms in total. The molecule has 0 saturated heterocycles. The van der Waals surface area contributed by atoms with Crippen molar-refractivity contribution >= 4 is 22.3 Å². The van der Waals surface area contributed by atoms with Crippen LogP contribution >= 0.6 is 0 Å². The van der Waals surface area contributed by atoms with E-state index < -0.39 is 11.7 Å². The molecular formula is C17H14F3N3. The van der Waals surface area contributed by atoms with Crippen LogP contribution in [0.4, 0.5) is 24.7 Å². The Hall–Kier alpha value is -2.63. The van der Waals surface area contributed by atoms with Crippen molar-refractivity contribution < 1.29 is 13.2 Å². The third kappa shape index (κ3) is 2.97. The minimum atomic E-state index is -4.39. The van der Waals surface area contributed by atoms with Crippen molar-refractivity contribution in [3.05, 3.63) is 59.3 Å². The number of aromatic nitrogens is 2. The predicted molar refractivity (Wildman–Crippen MR) is 83.7 cm³/mol. The Bertz CT molecular complexity index is 873. The summed E-state index contributed by atoms with van der Waals surface area (Å²) < 4.78 is 39.1. The molecule has 0 amide bonds. The highest BCUT2D eigenvalue weighted by atomic mass is 19.4. The molecule has 0 aliphatic rings. The molecule has 118 valence electrons. The molecular weight excluding hydrogens is 303 g/mol. The fourth-order valence-corrected chi connectivity index (χ4v) is 2.47. The van der Waals surface area contributed by atoms with Crippen LogP contribution in [0, 0.1) is 13.8 Å². The second-order valence-corrected chi connectivity index (χ2v) is 5.33. The van der Waals surface area contributed by atoms with E-state index in [9.17, 15) is 13.2 Å². The van der Waals surface area contributed by atoms with E-state index >= 15 is 0 Å². The van der Waals surface area contributed by atoms with E-state index in [1.165, 1.54) is 13.0 Å². The van der Waals surface area contributed by atoms with E-state index in [-0.39, 0.29) is 5.56 Å². The van der Waals surface area contributed by atoms with Gasteiger partial charge in [0.2, 0.25) is 0 Å². The number of nitrogens with zero attached hydrogens (tertiary/aromatic N) is 2. The standard InChI is InChI=1S/C17H14F3N3/c1-10-7-8-12(9-15(10)17(18,19)20)21-16-14-6-4-3-5-13(14)11(2)22-23-16/h3-9H,1-2H3,(H,21,23). The van der Waals surface area contributed by atoms with Gasteiger partial charge in [0.25, 0.3) is 0 Å². The second-order valence-electron chi connectivity index (χ2n) is 5.33. The molecule has 3 rings (SSSR count). The van der Waals surface area contributed by atoms with E-state index in [1.807, 2.05) is 31.2 Å². The Morgan fingerprint density at radius 3 is 2.30 bits per heavy atom. The predicted octanol–water partition coefficient (Wildman–Crippen LogP) is 5.01. The molecule has 1 N–H and O–H groups in total. The Kier molecular flexibility index (Phi) is 3.67. The molecule has 0 unspecified atom stereocenters. The fourth-order valence-electron chi connectivity index (χ4n) is 2.47. The SMILES string of the molecule is Cc1ccc(Nc2nnc(C)c3ccccc23)cc1C(F)(F)F. The van der Waals surface area contributed by atoms with Gasteiger partial charge in [-0.15, -0.1) is 5.10 Å². The maximum Gasteiger partial charge on any atom is 0.416 e. The molecule has 0 spiro atoms. The zero-order valence-electron chi connectivity index (χ0n) is 12.6. The van der Waals surface area contributed by atoms with Gasteiger partial charge in [-0.25, -0.2) is 0 Å². The molecule has 0 aliphatic heterocycles. The average molecular weight is 317 g/mol. The summed E-state index contributed by atoms with van der Waals surface area (Å²) in [7, 11) is 0. The van der Waals surface area contributed by atoms with Gasteiger partial charge in [0, 0.05) is 16.5 Å². The summed E-state index contributed by atoms with van der Waals surface area (Å²) in [5, 5.41) is 12.8. The summed E-state index contributed by atoms with van der Waals surface area (Å²) in [4.78, 5) is 0. The van der Waals surface area contributed by atoms with E-state index in [0.29, 0.717) is 11.5 Å². The van der Waals surface area contributed by atoms with Crippen LogP contribution < -0.4 is 5.32 Å². The number of fused-ring (bicyclic) bond motifs is 1. The number of anilines is 2. The summed E-state index contributed by atoms with van der Waals surface area (Å²) >= 11 is 0. The molecule has 2 aromatic carbocycles. The number of hydrogen-bond donors (Lipinski definition) is 1. The van der Waals surface area contributed by atoms with Crippen LogP contribution in [0.5, 0.6) is 0 Å². The Morgan fingerprint density at radius 1 is 0.913 bits per heavy atom. The first-order valence-electron chi connectivity index (χ1n) is 7.03. The smallest absolute Gasteiger partial charge is 0.338 e. The van der Waals surface area contributed by atoms with Gasteiger partial charge in [0.15, 0.2) is 5.82 Å². The van der Waals surface area contributed by atoms with Gasteiger partial charge in [0.1, 0.15) is 0 Å². The van der Waals surface area contributed by atoms with Crippen LogP contribution in [-0.2, 0) is 6.18 Å². The summed E-state index contributed by atoms with van der Waals surface area (Å²) in [5.74, 6) is 0.433. The minimum Gasteiger partial charge on any atom is -0.338 e. The summed E-state index contributed by atoms with van der Waals surface area (Å²) in [6, 6.07) is 11.6. The molecule has 23 heavy (non-hydrogen) atoms. The topological polar surface area (TPSA) is 37.8 Å². The van der Waals surface area contributed by atoms with Gasteiger partial charge in [-0.05, 0) is 31.5 Å². The molecule has 3 aromatic rings. The third-order valence-electron chi connectivity index (χ3n) is 3.68. The van der Waals surface area contributed by atoms with Crippen LogP contribution in [0.1, 0.15) is 16.8 Å². The van der Waals surface area contributed by atoms with E-state index in [0.717, 1.165) is 22.5 Å². The molecule has 6 heteroatoms. The van der Waals surface area contributed by atoms with Crippen LogP contribution in [0.2, 0.25) is 0 Å². The highest BCUT2D eigenvalue weighted by Gasteiger charge is 2.32. The Labute approximate surface area is 131 Å². The molecule has 0 saturated carbocycles. The number of rotatable bonds is 2.